The highest BCUT2D eigenvalue weighted by atomic mass is 16.5. The summed E-state index contributed by atoms with van der Waals surface area (Å²) in [5.41, 5.74) is 2.31. The average molecular weight is 464 g/mol. The zero-order valence-corrected chi connectivity index (χ0v) is 20.0. The molecule has 1 saturated carbocycles. The molecule has 1 aliphatic carbocycles. The van der Waals surface area contributed by atoms with Crippen LogP contribution in [0, 0.1) is 5.92 Å². The van der Waals surface area contributed by atoms with E-state index in [-0.39, 0.29) is 24.5 Å². The summed E-state index contributed by atoms with van der Waals surface area (Å²) in [4.78, 5) is 30.1. The number of nitrogens with one attached hydrogen (secondary N) is 1. The van der Waals surface area contributed by atoms with Crippen molar-refractivity contribution < 1.29 is 14.3 Å². The van der Waals surface area contributed by atoms with Crippen LogP contribution in [0.3, 0.4) is 0 Å². The average Bonchev–Trinajstić information content (AvgIpc) is 3.40. The minimum absolute atomic E-state index is 0.0281. The molecule has 0 aromatic heterocycles. The number of benzene rings is 2. The van der Waals surface area contributed by atoms with Crippen LogP contribution in [0.15, 0.2) is 60.7 Å². The highest BCUT2D eigenvalue weighted by molar-refractivity contribution is 5.82. The number of carbonyl (C=O) groups excluding carboxylic acids is 2. The molecule has 2 fully saturated rings. The number of hydrogen-bond donors (Lipinski definition) is 1. The molecule has 0 radical (unpaired) electrons. The second-order valence-corrected chi connectivity index (χ2v) is 9.41. The molecule has 1 heterocycles. The lowest BCUT2D eigenvalue weighted by atomic mass is 9.95. The summed E-state index contributed by atoms with van der Waals surface area (Å²) in [6, 6.07) is 20.1. The van der Waals surface area contributed by atoms with Gasteiger partial charge in [0.1, 0.15) is 6.61 Å². The van der Waals surface area contributed by atoms with Crippen LogP contribution < -0.4 is 5.32 Å². The molecular formula is C28H37N3O3. The Labute approximate surface area is 203 Å². The van der Waals surface area contributed by atoms with Crippen LogP contribution in [0.2, 0.25) is 0 Å². The summed E-state index contributed by atoms with van der Waals surface area (Å²) in [5.74, 6) is 0.585. The fourth-order valence-electron chi connectivity index (χ4n) is 5.20. The maximum Gasteiger partial charge on any atom is 0.248 e. The predicted octanol–water partition coefficient (Wildman–Crippen LogP) is 3.27. The van der Waals surface area contributed by atoms with E-state index in [1.807, 2.05) is 53.4 Å². The molecule has 2 aromatic carbocycles. The molecule has 1 unspecified atom stereocenters. The van der Waals surface area contributed by atoms with Crippen LogP contribution >= 0.6 is 0 Å². The van der Waals surface area contributed by atoms with E-state index in [1.54, 1.807) is 0 Å². The van der Waals surface area contributed by atoms with Crippen molar-refractivity contribution >= 4 is 11.8 Å². The molecule has 34 heavy (non-hydrogen) atoms. The Hall–Kier alpha value is -2.70. The van der Waals surface area contributed by atoms with Gasteiger partial charge in [-0.2, -0.15) is 0 Å². The van der Waals surface area contributed by atoms with Gasteiger partial charge in [-0.1, -0.05) is 73.5 Å². The molecule has 1 aliphatic heterocycles. The van der Waals surface area contributed by atoms with E-state index in [0.717, 1.165) is 37.9 Å². The number of piperazine rings is 1. The Morgan fingerprint density at radius 1 is 0.882 bits per heavy atom. The second kappa shape index (κ2) is 12.7. The van der Waals surface area contributed by atoms with Gasteiger partial charge in [-0.05, 0) is 36.3 Å². The molecule has 6 heteroatoms. The number of hydrogen-bond acceptors (Lipinski definition) is 4. The van der Waals surface area contributed by atoms with Crippen molar-refractivity contribution in [2.45, 2.75) is 44.8 Å². The summed E-state index contributed by atoms with van der Waals surface area (Å²) in [6.07, 6.45) is 5.48. The Balaban J connectivity index is 1.25. The van der Waals surface area contributed by atoms with Crippen molar-refractivity contribution in [1.29, 1.82) is 0 Å². The summed E-state index contributed by atoms with van der Waals surface area (Å²) in [5, 5.41) is 3.20. The number of amides is 2. The molecule has 1 saturated heterocycles. The number of nitrogens with zero attached hydrogens (tertiary/aromatic N) is 2. The van der Waals surface area contributed by atoms with Crippen molar-refractivity contribution in [1.82, 2.24) is 15.1 Å². The molecular weight excluding hydrogens is 426 g/mol. The van der Waals surface area contributed by atoms with Crippen molar-refractivity contribution in [2.75, 3.05) is 39.3 Å². The summed E-state index contributed by atoms with van der Waals surface area (Å²) in [7, 11) is 0. The van der Waals surface area contributed by atoms with Crippen molar-refractivity contribution in [2.24, 2.45) is 5.92 Å². The lowest BCUT2D eigenvalue weighted by Gasteiger charge is -2.40. The maximum absolute atomic E-state index is 13.3. The van der Waals surface area contributed by atoms with Crippen LogP contribution in [-0.4, -0.2) is 67.0 Å². The first kappa shape index (κ1) is 24.4. The largest absolute Gasteiger partial charge is 0.367 e. The van der Waals surface area contributed by atoms with Crippen molar-refractivity contribution in [3.63, 3.8) is 0 Å². The van der Waals surface area contributed by atoms with Crippen LogP contribution in [0.5, 0.6) is 0 Å². The van der Waals surface area contributed by atoms with E-state index >= 15 is 0 Å². The quantitative estimate of drug-likeness (QED) is 0.588. The predicted molar refractivity (Wildman–Crippen MR) is 133 cm³/mol. The van der Waals surface area contributed by atoms with Gasteiger partial charge in [0.25, 0.3) is 0 Å². The topological polar surface area (TPSA) is 61.9 Å². The van der Waals surface area contributed by atoms with Crippen LogP contribution in [-0.2, 0) is 27.4 Å². The molecule has 2 aromatic rings. The Morgan fingerprint density at radius 2 is 1.50 bits per heavy atom. The van der Waals surface area contributed by atoms with E-state index in [0.29, 0.717) is 32.2 Å². The third-order valence-electron chi connectivity index (χ3n) is 7.07. The molecule has 1 atom stereocenters. The highest BCUT2D eigenvalue weighted by Gasteiger charge is 2.37. The van der Waals surface area contributed by atoms with Gasteiger partial charge in [0.05, 0.1) is 12.6 Å². The second-order valence-electron chi connectivity index (χ2n) is 9.41. The SMILES string of the molecule is O=C(NCCc1ccccc1)C(C1CCCC1)N1CCN(C(=O)COCc2ccccc2)CC1. The van der Waals surface area contributed by atoms with Gasteiger partial charge in [-0.25, -0.2) is 0 Å². The summed E-state index contributed by atoms with van der Waals surface area (Å²) >= 11 is 0. The lowest BCUT2D eigenvalue weighted by Crippen LogP contribution is -2.58. The van der Waals surface area contributed by atoms with Gasteiger partial charge >= 0.3 is 0 Å². The van der Waals surface area contributed by atoms with Crippen LogP contribution in [0.1, 0.15) is 36.8 Å². The standard InChI is InChI=1S/C28H37N3O3/c32-26(22-34-21-24-11-5-2-6-12-24)30-17-19-31(20-18-30)27(25-13-7-8-14-25)28(33)29-16-15-23-9-3-1-4-10-23/h1-6,9-12,25,27H,7-8,13-22H2,(H,29,33). The Bertz CT molecular complexity index is 892. The minimum Gasteiger partial charge on any atom is -0.367 e. The monoisotopic (exact) mass is 463 g/mol. The van der Waals surface area contributed by atoms with E-state index in [4.69, 9.17) is 4.74 Å². The first-order valence-electron chi connectivity index (χ1n) is 12.7. The van der Waals surface area contributed by atoms with Crippen LogP contribution in [0.25, 0.3) is 0 Å². The maximum atomic E-state index is 13.3. The zero-order chi connectivity index (χ0) is 23.6. The molecule has 6 nitrogen and oxygen atoms in total. The first-order chi connectivity index (χ1) is 16.7. The lowest BCUT2D eigenvalue weighted by molar-refractivity contribution is -0.139. The van der Waals surface area contributed by atoms with Gasteiger partial charge in [0, 0.05) is 32.7 Å². The summed E-state index contributed by atoms with van der Waals surface area (Å²) in [6.45, 7) is 3.96. The Morgan fingerprint density at radius 3 is 2.15 bits per heavy atom. The minimum atomic E-state index is -0.0927. The Kier molecular flexibility index (Phi) is 9.11. The zero-order valence-electron chi connectivity index (χ0n) is 20.0. The van der Waals surface area contributed by atoms with Crippen molar-refractivity contribution in [3.05, 3.63) is 71.8 Å². The third-order valence-corrected chi connectivity index (χ3v) is 7.07. The van der Waals surface area contributed by atoms with E-state index < -0.39 is 0 Å². The van der Waals surface area contributed by atoms with Gasteiger partial charge < -0.3 is 15.0 Å². The number of ether oxygens (including phenoxy) is 1. The molecule has 2 amide bonds. The normalized spacial score (nSPS) is 18.1. The smallest absolute Gasteiger partial charge is 0.248 e. The highest BCUT2D eigenvalue weighted by Crippen LogP contribution is 2.31. The van der Waals surface area contributed by atoms with Gasteiger partial charge in [-0.3, -0.25) is 14.5 Å². The fraction of sp³-hybridized carbons (Fsp3) is 0.500. The van der Waals surface area contributed by atoms with Gasteiger partial charge in [0.2, 0.25) is 11.8 Å². The van der Waals surface area contributed by atoms with Gasteiger partial charge in [-0.15, -0.1) is 0 Å². The molecule has 0 spiro atoms. The van der Waals surface area contributed by atoms with E-state index in [2.05, 4.69) is 22.3 Å². The molecule has 4 rings (SSSR count). The molecule has 182 valence electrons. The van der Waals surface area contributed by atoms with Gasteiger partial charge in [0.15, 0.2) is 0 Å². The molecule has 1 N–H and O–H groups in total. The molecule has 0 bridgehead atoms. The summed E-state index contributed by atoms with van der Waals surface area (Å²) < 4.78 is 5.64. The van der Waals surface area contributed by atoms with E-state index in [1.165, 1.54) is 18.4 Å². The first-order valence-corrected chi connectivity index (χ1v) is 12.7. The van der Waals surface area contributed by atoms with Crippen LogP contribution in [0.4, 0.5) is 0 Å². The van der Waals surface area contributed by atoms with E-state index in [9.17, 15) is 9.59 Å². The molecule has 2 aliphatic rings. The third kappa shape index (κ3) is 6.90. The van der Waals surface area contributed by atoms with Crippen molar-refractivity contribution in [3.8, 4) is 0 Å². The number of carbonyl (C=O) groups is 2. The fourth-order valence-corrected chi connectivity index (χ4v) is 5.20. The number of rotatable bonds is 10.